The van der Waals surface area contributed by atoms with E-state index in [0.29, 0.717) is 12.3 Å². The Kier molecular flexibility index (Phi) is 5.35. The molecular weight excluding hydrogens is 252 g/mol. The van der Waals surface area contributed by atoms with Crippen LogP contribution in [0.3, 0.4) is 0 Å². The van der Waals surface area contributed by atoms with Gasteiger partial charge in [-0.15, -0.1) is 0 Å². The van der Waals surface area contributed by atoms with Crippen LogP contribution in [0.5, 0.6) is 0 Å². The van der Waals surface area contributed by atoms with Crippen LogP contribution in [-0.4, -0.2) is 27.8 Å². The summed E-state index contributed by atoms with van der Waals surface area (Å²) in [7, 11) is 0. The van der Waals surface area contributed by atoms with Gasteiger partial charge in [0.25, 0.3) is 0 Å². The van der Waals surface area contributed by atoms with E-state index in [0.717, 1.165) is 38.6 Å². The van der Waals surface area contributed by atoms with Gasteiger partial charge in [0, 0.05) is 19.3 Å². The maximum atomic E-state index is 13.0. The summed E-state index contributed by atoms with van der Waals surface area (Å²) in [6.07, 6.45) is 8.95. The molecule has 1 aromatic rings. The normalized spacial score (nSPS) is 18.7. The van der Waals surface area contributed by atoms with Crippen molar-refractivity contribution in [2.45, 2.75) is 70.9 Å². The first-order valence-electron chi connectivity index (χ1n) is 7.94. The quantitative estimate of drug-likeness (QED) is 0.590. The zero-order valence-corrected chi connectivity index (χ0v) is 12.7. The van der Waals surface area contributed by atoms with Gasteiger partial charge in [-0.1, -0.05) is 32.6 Å². The largest absolute Gasteiger partial charge is 0.367 e. The Morgan fingerprint density at radius 1 is 1.30 bits per heavy atom. The minimum absolute atomic E-state index is 0.132. The van der Waals surface area contributed by atoms with Crippen LogP contribution in [-0.2, 0) is 11.3 Å². The zero-order valence-electron chi connectivity index (χ0n) is 12.7. The molecule has 1 heterocycles. The Balaban J connectivity index is 2.27. The summed E-state index contributed by atoms with van der Waals surface area (Å²) in [6.45, 7) is 5.45. The molecule has 0 atom stereocenters. The van der Waals surface area contributed by atoms with Gasteiger partial charge in [0.1, 0.15) is 11.3 Å². The molecule has 0 saturated heterocycles. The van der Waals surface area contributed by atoms with E-state index in [9.17, 15) is 4.79 Å². The number of hydrogen-bond acceptors (Lipinski definition) is 3. The molecule has 112 valence electrons. The summed E-state index contributed by atoms with van der Waals surface area (Å²) in [5.74, 6) is 0.132. The standard InChI is InChI=1S/C16H26N2O2/c1-3-13-18-14(9-12-17-18)15(19)16(20-4-2)10-7-5-6-8-11-16/h9,12H,3-8,10-11,13H2,1-2H3. The Hall–Kier alpha value is -1.16. The van der Waals surface area contributed by atoms with Crippen LogP contribution in [0.4, 0.5) is 0 Å². The SMILES string of the molecule is CCCn1nccc1C(=O)C1(OCC)CCCCCC1. The third-order valence-electron chi connectivity index (χ3n) is 4.13. The number of ketones is 1. The molecule has 0 N–H and O–H groups in total. The Bertz CT molecular complexity index is 431. The summed E-state index contributed by atoms with van der Waals surface area (Å²) in [6, 6.07) is 1.84. The molecule has 0 aromatic carbocycles. The van der Waals surface area contributed by atoms with E-state index in [1.54, 1.807) is 6.20 Å². The van der Waals surface area contributed by atoms with Gasteiger partial charge >= 0.3 is 0 Å². The summed E-state index contributed by atoms with van der Waals surface area (Å²) in [5, 5.41) is 4.28. The number of Topliss-reactive ketones (excluding diaryl/α,β-unsaturated/α-hetero) is 1. The van der Waals surface area contributed by atoms with Gasteiger partial charge in [0.05, 0.1) is 0 Å². The number of carbonyl (C=O) groups excluding carboxylic acids is 1. The summed E-state index contributed by atoms with van der Waals surface area (Å²) >= 11 is 0. The van der Waals surface area contributed by atoms with Crippen molar-refractivity contribution in [1.29, 1.82) is 0 Å². The lowest BCUT2D eigenvalue weighted by Crippen LogP contribution is -2.42. The van der Waals surface area contributed by atoms with Crippen LogP contribution in [0.1, 0.15) is 69.3 Å². The second-order valence-electron chi connectivity index (χ2n) is 5.61. The third kappa shape index (κ3) is 3.11. The van der Waals surface area contributed by atoms with Gasteiger partial charge in [-0.3, -0.25) is 9.48 Å². The molecule has 4 nitrogen and oxygen atoms in total. The highest BCUT2D eigenvalue weighted by atomic mass is 16.5. The molecule has 1 fully saturated rings. The van der Waals surface area contributed by atoms with Crippen molar-refractivity contribution in [2.24, 2.45) is 0 Å². The lowest BCUT2D eigenvalue weighted by Gasteiger charge is -2.31. The van der Waals surface area contributed by atoms with Gasteiger partial charge < -0.3 is 4.74 Å². The Morgan fingerprint density at radius 2 is 2.00 bits per heavy atom. The average molecular weight is 278 g/mol. The first-order chi connectivity index (χ1) is 9.73. The number of ether oxygens (including phenoxy) is 1. The number of hydrogen-bond donors (Lipinski definition) is 0. The highest BCUT2D eigenvalue weighted by Crippen LogP contribution is 2.33. The van der Waals surface area contributed by atoms with Crippen molar-refractivity contribution in [1.82, 2.24) is 9.78 Å². The van der Waals surface area contributed by atoms with Crippen molar-refractivity contribution >= 4 is 5.78 Å². The van der Waals surface area contributed by atoms with Crippen molar-refractivity contribution < 1.29 is 9.53 Å². The molecule has 0 unspecified atom stereocenters. The number of rotatable bonds is 6. The van der Waals surface area contributed by atoms with E-state index in [1.807, 2.05) is 17.7 Å². The smallest absolute Gasteiger partial charge is 0.212 e. The van der Waals surface area contributed by atoms with Gasteiger partial charge in [-0.05, 0) is 32.3 Å². The highest BCUT2D eigenvalue weighted by molar-refractivity contribution is 6.01. The van der Waals surface area contributed by atoms with Gasteiger partial charge in [-0.2, -0.15) is 5.10 Å². The van der Waals surface area contributed by atoms with Crippen molar-refractivity contribution in [3.63, 3.8) is 0 Å². The summed E-state index contributed by atoms with van der Waals surface area (Å²) in [4.78, 5) is 13.0. The summed E-state index contributed by atoms with van der Waals surface area (Å²) < 4.78 is 7.81. The minimum Gasteiger partial charge on any atom is -0.367 e. The van der Waals surface area contributed by atoms with Crippen LogP contribution < -0.4 is 0 Å². The summed E-state index contributed by atoms with van der Waals surface area (Å²) in [5.41, 5.74) is 0.0961. The molecule has 1 aliphatic carbocycles. The van der Waals surface area contributed by atoms with Crippen molar-refractivity contribution in [3.05, 3.63) is 18.0 Å². The van der Waals surface area contributed by atoms with Crippen molar-refractivity contribution in [3.8, 4) is 0 Å². The molecule has 4 heteroatoms. The molecule has 0 radical (unpaired) electrons. The fraction of sp³-hybridized carbons (Fsp3) is 0.750. The maximum absolute atomic E-state index is 13.0. The molecular formula is C16H26N2O2. The third-order valence-corrected chi connectivity index (χ3v) is 4.13. The number of nitrogens with zero attached hydrogens (tertiary/aromatic N) is 2. The number of carbonyl (C=O) groups is 1. The lowest BCUT2D eigenvalue weighted by molar-refractivity contribution is -0.0299. The van der Waals surface area contributed by atoms with Gasteiger partial charge in [-0.25, -0.2) is 0 Å². The fourth-order valence-corrected chi connectivity index (χ4v) is 3.16. The zero-order chi connectivity index (χ0) is 14.4. The van der Waals surface area contributed by atoms with E-state index in [1.165, 1.54) is 12.8 Å². The number of aryl methyl sites for hydroxylation is 1. The van der Waals surface area contributed by atoms with Crippen LogP contribution in [0.2, 0.25) is 0 Å². The topological polar surface area (TPSA) is 44.1 Å². The lowest BCUT2D eigenvalue weighted by atomic mass is 9.87. The average Bonchev–Trinajstić information content (AvgIpc) is 2.77. The minimum atomic E-state index is -0.614. The molecule has 20 heavy (non-hydrogen) atoms. The van der Waals surface area contributed by atoms with E-state index in [2.05, 4.69) is 12.0 Å². The van der Waals surface area contributed by atoms with Crippen molar-refractivity contribution in [2.75, 3.05) is 6.61 Å². The molecule has 0 aliphatic heterocycles. The molecule has 1 aliphatic rings. The van der Waals surface area contributed by atoms with Crippen LogP contribution >= 0.6 is 0 Å². The van der Waals surface area contributed by atoms with E-state index in [4.69, 9.17) is 4.74 Å². The molecule has 1 aromatic heterocycles. The fourth-order valence-electron chi connectivity index (χ4n) is 3.16. The molecule has 0 amide bonds. The predicted octanol–water partition coefficient (Wildman–Crippen LogP) is 3.61. The van der Waals surface area contributed by atoms with E-state index < -0.39 is 5.60 Å². The van der Waals surface area contributed by atoms with Crippen LogP contribution in [0.25, 0.3) is 0 Å². The maximum Gasteiger partial charge on any atom is 0.212 e. The number of aromatic nitrogens is 2. The second kappa shape index (κ2) is 7.02. The van der Waals surface area contributed by atoms with Crippen LogP contribution in [0.15, 0.2) is 12.3 Å². The van der Waals surface area contributed by atoms with Gasteiger partial charge in [0.2, 0.25) is 5.78 Å². The monoisotopic (exact) mass is 278 g/mol. The molecule has 0 bridgehead atoms. The predicted molar refractivity (Wildman–Crippen MR) is 78.9 cm³/mol. The van der Waals surface area contributed by atoms with E-state index in [-0.39, 0.29) is 5.78 Å². The first kappa shape index (κ1) is 15.2. The van der Waals surface area contributed by atoms with E-state index >= 15 is 0 Å². The second-order valence-corrected chi connectivity index (χ2v) is 5.61. The highest BCUT2D eigenvalue weighted by Gasteiger charge is 2.41. The molecule has 2 rings (SSSR count). The van der Waals surface area contributed by atoms with Crippen LogP contribution in [0, 0.1) is 0 Å². The Morgan fingerprint density at radius 3 is 2.60 bits per heavy atom. The molecule has 1 saturated carbocycles. The molecule has 0 spiro atoms. The Labute approximate surface area is 121 Å². The first-order valence-corrected chi connectivity index (χ1v) is 7.94. The van der Waals surface area contributed by atoms with Gasteiger partial charge in [0.15, 0.2) is 0 Å².